The molecule has 0 spiro atoms. The Morgan fingerprint density at radius 1 is 0.941 bits per heavy atom. The lowest BCUT2D eigenvalue weighted by Gasteiger charge is -2.48. The van der Waals surface area contributed by atoms with E-state index >= 15 is 0 Å². The van der Waals surface area contributed by atoms with Crippen LogP contribution in [0.5, 0.6) is 0 Å². The number of aliphatic hydroxyl groups is 4. The van der Waals surface area contributed by atoms with Crippen molar-refractivity contribution in [2.24, 2.45) is 17.8 Å². The van der Waals surface area contributed by atoms with Gasteiger partial charge in [0.15, 0.2) is 12.6 Å². The number of aliphatic hydroxyl groups excluding tert-OH is 2. The first-order valence-electron chi connectivity index (χ1n) is 19.0. The van der Waals surface area contributed by atoms with Gasteiger partial charge in [-0.3, -0.25) is 4.79 Å². The van der Waals surface area contributed by atoms with Crippen molar-refractivity contribution in [1.29, 1.82) is 0 Å². The average Bonchev–Trinajstić information content (AvgIpc) is 3.03. The van der Waals surface area contributed by atoms with Crippen molar-refractivity contribution in [3.8, 4) is 0 Å². The van der Waals surface area contributed by atoms with Crippen LogP contribution < -0.4 is 0 Å². The van der Waals surface area contributed by atoms with Crippen LogP contribution in [0.25, 0.3) is 0 Å². The summed E-state index contributed by atoms with van der Waals surface area (Å²) in [7, 11) is 7.49. The molecule has 0 bridgehead atoms. The Hall–Kier alpha value is -0.970. The van der Waals surface area contributed by atoms with Crippen molar-refractivity contribution in [3.05, 3.63) is 0 Å². The predicted octanol–water partition coefficient (Wildman–Crippen LogP) is 2.93. The minimum atomic E-state index is -1.76. The minimum absolute atomic E-state index is 0.0370. The second-order valence-corrected chi connectivity index (χ2v) is 17.1. The highest BCUT2D eigenvalue weighted by Crippen LogP contribution is 2.40. The second kappa shape index (κ2) is 17.7. The Balaban J connectivity index is 2.12. The normalized spacial score (nSPS) is 48.9. The lowest BCUT2D eigenvalue weighted by molar-refractivity contribution is -0.309. The van der Waals surface area contributed by atoms with E-state index in [-0.39, 0.29) is 43.2 Å². The van der Waals surface area contributed by atoms with E-state index in [2.05, 4.69) is 11.8 Å². The van der Waals surface area contributed by atoms with Crippen LogP contribution in [0.1, 0.15) is 101 Å². The summed E-state index contributed by atoms with van der Waals surface area (Å²) in [4.78, 5) is 18.0. The summed E-state index contributed by atoms with van der Waals surface area (Å²) in [5.41, 5.74) is -4.16. The molecule has 17 atom stereocenters. The van der Waals surface area contributed by atoms with Crippen LogP contribution in [-0.2, 0) is 33.2 Å². The van der Waals surface area contributed by atoms with E-state index in [0.29, 0.717) is 13.0 Å². The topological polar surface area (TPSA) is 160 Å². The zero-order valence-electron chi connectivity index (χ0n) is 33.9. The largest absolute Gasteiger partial charge is 0.459 e. The maximum Gasteiger partial charge on any atom is 0.308 e. The third-order valence-corrected chi connectivity index (χ3v) is 12.2. The SMILES string of the molecule is CC[C@H]1OC(=O)C[C@@H](O[C@H]2C[C@@](C)(OC)[C@@H](O)[C@H](C)O2)[C@H](C)[C@@H](O[C@@H]2O[C@H](C)C[C@H](N(C)C)[C@H]2C)[C@](C)(O)C[C@@H](C)CN(C)[C@H](C)[C@@H](O)[C@]1(C)O. The van der Waals surface area contributed by atoms with Gasteiger partial charge in [-0.1, -0.05) is 27.7 Å². The fourth-order valence-electron chi connectivity index (χ4n) is 8.76. The van der Waals surface area contributed by atoms with Crippen molar-refractivity contribution in [1.82, 2.24) is 9.80 Å². The number of methoxy groups -OCH3 is 1. The Bertz CT molecular complexity index is 1110. The second-order valence-electron chi connectivity index (χ2n) is 17.1. The smallest absolute Gasteiger partial charge is 0.308 e. The highest BCUT2D eigenvalue weighted by molar-refractivity contribution is 5.70. The zero-order valence-corrected chi connectivity index (χ0v) is 33.9. The molecule has 0 radical (unpaired) electrons. The van der Waals surface area contributed by atoms with Gasteiger partial charge in [0.05, 0.1) is 42.0 Å². The highest BCUT2D eigenvalue weighted by atomic mass is 16.7. The van der Waals surface area contributed by atoms with Crippen LogP contribution in [0.4, 0.5) is 0 Å². The molecule has 3 saturated heterocycles. The summed E-state index contributed by atoms with van der Waals surface area (Å²) >= 11 is 0. The molecule has 3 fully saturated rings. The maximum absolute atomic E-state index is 13.9. The maximum atomic E-state index is 13.9. The van der Waals surface area contributed by atoms with Crippen LogP contribution in [-0.4, -0.2) is 155 Å². The summed E-state index contributed by atoms with van der Waals surface area (Å²) in [6.07, 6.45) is -5.85. The van der Waals surface area contributed by atoms with Gasteiger partial charge in [-0.15, -0.1) is 0 Å². The third kappa shape index (κ3) is 10.4. The van der Waals surface area contributed by atoms with Crippen molar-refractivity contribution in [3.63, 3.8) is 0 Å². The summed E-state index contributed by atoms with van der Waals surface area (Å²) in [5, 5.41) is 46.5. The van der Waals surface area contributed by atoms with Crippen molar-refractivity contribution in [2.45, 2.75) is 186 Å². The Morgan fingerprint density at radius 2 is 1.57 bits per heavy atom. The molecule has 3 rings (SSSR count). The first kappa shape index (κ1) is 44.4. The molecule has 0 aromatic heterocycles. The Kier molecular flexibility index (Phi) is 15.4. The van der Waals surface area contributed by atoms with Crippen molar-refractivity contribution in [2.75, 3.05) is 34.8 Å². The monoisotopic (exact) mass is 733 g/mol. The molecule has 300 valence electrons. The van der Waals surface area contributed by atoms with E-state index in [0.717, 1.165) is 6.42 Å². The number of likely N-dealkylation sites (N-methyl/N-ethyl adjacent to an activating group) is 1. The van der Waals surface area contributed by atoms with Crippen molar-refractivity contribution < 1.29 is 53.6 Å². The molecule has 0 unspecified atom stereocenters. The van der Waals surface area contributed by atoms with Gasteiger partial charge in [-0.2, -0.15) is 0 Å². The molecule has 3 heterocycles. The van der Waals surface area contributed by atoms with Crippen LogP contribution in [0.2, 0.25) is 0 Å². The molecule has 3 aliphatic rings. The lowest BCUT2D eigenvalue weighted by atomic mass is 9.79. The molecular formula is C38H72N2O11. The Morgan fingerprint density at radius 3 is 2.14 bits per heavy atom. The molecule has 0 aliphatic carbocycles. The molecule has 4 N–H and O–H groups in total. The molecule has 0 aromatic carbocycles. The van der Waals surface area contributed by atoms with Gasteiger partial charge in [0, 0.05) is 44.0 Å². The third-order valence-electron chi connectivity index (χ3n) is 12.2. The molecule has 0 amide bonds. The molecule has 0 saturated carbocycles. The van der Waals surface area contributed by atoms with Gasteiger partial charge < -0.3 is 58.6 Å². The van der Waals surface area contributed by atoms with Gasteiger partial charge in [-0.05, 0) is 87.9 Å². The van der Waals surface area contributed by atoms with Crippen LogP contribution in [0.15, 0.2) is 0 Å². The van der Waals surface area contributed by atoms with Crippen molar-refractivity contribution >= 4 is 5.97 Å². The van der Waals surface area contributed by atoms with Crippen LogP contribution in [0.3, 0.4) is 0 Å². The number of rotatable bonds is 7. The molecule has 13 heteroatoms. The fourth-order valence-corrected chi connectivity index (χ4v) is 8.76. The number of ether oxygens (including phenoxy) is 6. The average molecular weight is 733 g/mol. The number of cyclic esters (lactones) is 1. The predicted molar refractivity (Wildman–Crippen MR) is 193 cm³/mol. The zero-order chi connectivity index (χ0) is 38.8. The molecule has 13 nitrogen and oxygen atoms in total. The Labute approximate surface area is 307 Å². The number of nitrogens with zero attached hydrogens (tertiary/aromatic N) is 2. The van der Waals surface area contributed by atoms with Gasteiger partial charge in [0.2, 0.25) is 0 Å². The summed E-state index contributed by atoms with van der Waals surface area (Å²) in [6, 6.07) is -0.318. The van der Waals surface area contributed by atoms with Gasteiger partial charge >= 0.3 is 5.97 Å². The fraction of sp³-hybridized carbons (Fsp3) is 0.974. The molecule has 0 aromatic rings. The van der Waals surface area contributed by atoms with Gasteiger partial charge in [-0.25, -0.2) is 0 Å². The number of esters is 1. The minimum Gasteiger partial charge on any atom is -0.459 e. The first-order valence-corrected chi connectivity index (χ1v) is 19.0. The molecule has 51 heavy (non-hydrogen) atoms. The van der Waals surface area contributed by atoms with E-state index in [4.69, 9.17) is 28.4 Å². The van der Waals surface area contributed by atoms with Crippen LogP contribution >= 0.6 is 0 Å². The first-order chi connectivity index (χ1) is 23.5. The number of hydrogen-bond donors (Lipinski definition) is 4. The van der Waals surface area contributed by atoms with Gasteiger partial charge in [0.1, 0.15) is 23.9 Å². The highest BCUT2D eigenvalue weighted by Gasteiger charge is 2.51. The number of carbonyl (C=O) groups excluding carboxylic acids is 1. The molecule has 3 aliphatic heterocycles. The van der Waals surface area contributed by atoms with Crippen LogP contribution in [0, 0.1) is 17.8 Å². The number of hydrogen-bond acceptors (Lipinski definition) is 13. The van der Waals surface area contributed by atoms with E-state index in [9.17, 15) is 25.2 Å². The lowest BCUT2D eigenvalue weighted by Crippen LogP contribution is -2.58. The van der Waals surface area contributed by atoms with E-state index < -0.39 is 83.9 Å². The standard InChI is InChI=1S/C38H72N2O11/c1-15-29-38(10,45)32(42)25(6)40(13)20-21(2)18-36(8,44)34(51-35-23(4)27(39(11)12)16-22(3)47-35)24(5)28(17-30(41)50-29)49-31-19-37(9,46-14)33(43)26(7)48-31/h21-29,31-35,42-45H,15-20H2,1-14H3/t21-,22-,23-,24+,25-,26+,27+,28-,29-,31+,32-,33+,34-,35+,36-,37-,38-/m1/s1. The van der Waals surface area contributed by atoms with E-state index in [1.807, 2.05) is 53.7 Å². The summed E-state index contributed by atoms with van der Waals surface area (Å²) in [5.74, 6) is -1.37. The van der Waals surface area contributed by atoms with E-state index in [1.165, 1.54) is 14.0 Å². The number of carbonyl (C=O) groups is 1. The van der Waals surface area contributed by atoms with Gasteiger partial charge in [0.25, 0.3) is 0 Å². The van der Waals surface area contributed by atoms with E-state index in [1.54, 1.807) is 27.7 Å². The molecular weight excluding hydrogens is 660 g/mol. The summed E-state index contributed by atoms with van der Waals surface area (Å²) < 4.78 is 37.8. The summed E-state index contributed by atoms with van der Waals surface area (Å²) in [6.45, 7) is 19.0. The quantitative estimate of drug-likeness (QED) is 0.284.